The number of benzene rings is 2. The lowest BCUT2D eigenvalue weighted by molar-refractivity contribution is -0.124. The molecule has 2 aromatic heterocycles. The molecule has 65 heavy (non-hydrogen) atoms. The van der Waals surface area contributed by atoms with Crippen LogP contribution in [0.25, 0.3) is 16.7 Å². The maximum Gasteiger partial charge on any atom is 0.257 e. The van der Waals surface area contributed by atoms with Gasteiger partial charge in [0.1, 0.15) is 0 Å². The number of hydrogen-bond acceptors (Lipinski definition) is 8. The van der Waals surface area contributed by atoms with E-state index in [-0.39, 0.29) is 17.4 Å². The van der Waals surface area contributed by atoms with E-state index in [1.54, 1.807) is 16.8 Å². The van der Waals surface area contributed by atoms with E-state index >= 15 is 0 Å². The third-order valence-corrected chi connectivity index (χ3v) is 16.8. The first-order valence-corrected chi connectivity index (χ1v) is 25.6. The van der Waals surface area contributed by atoms with Crippen LogP contribution < -0.4 is 26.4 Å². The third kappa shape index (κ3) is 9.59. The second kappa shape index (κ2) is 18.8. The molecule has 5 saturated carbocycles. The number of anilines is 4. The molecule has 2 aromatic carbocycles. The van der Waals surface area contributed by atoms with Crippen molar-refractivity contribution in [1.29, 1.82) is 0 Å². The van der Waals surface area contributed by atoms with Crippen molar-refractivity contribution in [2.75, 3.05) is 54.8 Å². The fourth-order valence-electron chi connectivity index (χ4n) is 13.5. The molecular weight excluding hydrogens is 809 g/mol. The van der Waals surface area contributed by atoms with Crippen LogP contribution in [0.5, 0.6) is 0 Å². The lowest BCUT2D eigenvalue weighted by Crippen LogP contribution is -2.46. The summed E-state index contributed by atoms with van der Waals surface area (Å²) in [6, 6.07) is 15.5. The zero-order valence-corrected chi connectivity index (χ0v) is 39.1. The number of piperazine rings is 1. The van der Waals surface area contributed by atoms with Crippen molar-refractivity contribution in [1.82, 2.24) is 24.8 Å². The molecule has 3 heterocycles. The highest BCUT2D eigenvalue weighted by Gasteiger charge is 2.70. The minimum absolute atomic E-state index is 0.0252. The number of nitrogens with zero attached hydrogens (tertiary/aromatic N) is 5. The van der Waals surface area contributed by atoms with Crippen LogP contribution in [0.1, 0.15) is 133 Å². The summed E-state index contributed by atoms with van der Waals surface area (Å²) in [5.74, 6) is 3.77. The highest BCUT2D eigenvalue weighted by molar-refractivity contribution is 5.94. The molecule has 1 saturated heterocycles. The van der Waals surface area contributed by atoms with E-state index in [4.69, 9.17) is 4.98 Å². The summed E-state index contributed by atoms with van der Waals surface area (Å²) in [6.07, 6.45) is 25.9. The van der Waals surface area contributed by atoms with Crippen molar-refractivity contribution >= 4 is 45.9 Å². The van der Waals surface area contributed by atoms with Crippen LogP contribution in [-0.2, 0) is 9.59 Å². The zero-order chi connectivity index (χ0) is 44.5. The minimum atomic E-state index is -0.189. The molecule has 10 rings (SSSR count). The summed E-state index contributed by atoms with van der Waals surface area (Å²) in [6.45, 7) is 10.3. The van der Waals surface area contributed by atoms with Crippen LogP contribution in [0.3, 0.4) is 0 Å². The Morgan fingerprint density at radius 3 is 2.32 bits per heavy atom. The second-order valence-electron chi connectivity index (χ2n) is 21.5. The van der Waals surface area contributed by atoms with Crippen LogP contribution in [-0.4, -0.2) is 70.5 Å². The SMILES string of the molecule is Cc1cc(N2CCN(CCCCCCCCCCCCNC(=O)CC34CC5CC6CC(C3)C6(C5)C4)CC2)ccc1Nc1ncc2c(C)cc(=O)n(-c3cccc(NC(=O)C4CC4)c3)c2n1. The maximum atomic E-state index is 13.4. The van der Waals surface area contributed by atoms with Crippen LogP contribution in [0.2, 0.25) is 0 Å². The van der Waals surface area contributed by atoms with Gasteiger partial charge in [-0.15, -0.1) is 0 Å². The van der Waals surface area contributed by atoms with Crippen molar-refractivity contribution in [3.05, 3.63) is 76.2 Å². The Morgan fingerprint density at radius 2 is 1.55 bits per heavy atom. The van der Waals surface area contributed by atoms with Gasteiger partial charge in [-0.05, 0) is 161 Å². The first-order chi connectivity index (χ1) is 31.6. The third-order valence-electron chi connectivity index (χ3n) is 16.8. The molecule has 346 valence electrons. The largest absolute Gasteiger partial charge is 0.369 e. The van der Waals surface area contributed by atoms with Crippen LogP contribution in [0.4, 0.5) is 23.0 Å². The van der Waals surface area contributed by atoms with E-state index in [2.05, 4.69) is 55.9 Å². The Balaban J connectivity index is 0.599. The van der Waals surface area contributed by atoms with E-state index in [0.717, 1.165) is 98.4 Å². The lowest BCUT2D eigenvalue weighted by atomic mass is 9.55. The normalized spacial score (nSPS) is 25.4. The molecule has 6 aliphatic rings. The summed E-state index contributed by atoms with van der Waals surface area (Å²) in [7, 11) is 0. The fourth-order valence-corrected chi connectivity index (χ4v) is 13.5. The molecule has 11 nitrogen and oxygen atoms in total. The Labute approximate surface area is 385 Å². The highest BCUT2D eigenvalue weighted by Crippen LogP contribution is 2.79. The number of hydrogen-bond donors (Lipinski definition) is 3. The number of fused-ring (bicyclic) bond motifs is 3. The standard InChI is InChI=1S/C54H72N8O3/c1-37-27-49(64)62(45-15-13-14-43(30-45)57-51(65)40-16-17-40)50-46(37)35-56-52(59-50)58-47-19-18-44(26-38(47)2)61-24-22-60(23-25-61)21-12-10-8-6-4-3-5-7-9-11-20-55-48(63)34-53-31-39-28-41-29-42(33-53)54(41,32-39)36-53/h13-15,18-19,26-27,30,35,39-42H,3-12,16-17,20-25,28-29,31-34,36H2,1-2H3,(H,55,63)(H,57,65)(H,56,58,59). The number of rotatable bonds is 21. The number of carbonyl (C=O) groups is 2. The Bertz CT molecular complexity index is 2430. The molecule has 5 unspecified atom stereocenters. The van der Waals surface area contributed by atoms with Crippen molar-refractivity contribution in [3.63, 3.8) is 0 Å². The van der Waals surface area contributed by atoms with Gasteiger partial charge in [-0.3, -0.25) is 23.9 Å². The van der Waals surface area contributed by atoms with Gasteiger partial charge in [0, 0.05) is 79.8 Å². The van der Waals surface area contributed by atoms with E-state index in [9.17, 15) is 14.4 Å². The predicted octanol–water partition coefficient (Wildman–Crippen LogP) is 10.2. The first-order valence-electron chi connectivity index (χ1n) is 25.6. The van der Waals surface area contributed by atoms with Crippen LogP contribution in [0, 0.1) is 48.3 Å². The quantitative estimate of drug-likeness (QED) is 0.0707. The topological polar surface area (TPSA) is 124 Å². The molecule has 1 spiro atoms. The number of carbonyl (C=O) groups excluding carboxylic acids is 2. The van der Waals surface area contributed by atoms with Gasteiger partial charge < -0.3 is 20.9 Å². The van der Waals surface area contributed by atoms with E-state index < -0.39 is 0 Å². The van der Waals surface area contributed by atoms with Crippen molar-refractivity contribution in [3.8, 4) is 5.69 Å². The summed E-state index contributed by atoms with van der Waals surface area (Å²) in [5.41, 5.74) is 6.74. The van der Waals surface area contributed by atoms with E-state index in [1.165, 1.54) is 109 Å². The maximum absolute atomic E-state index is 13.4. The number of amides is 2. The van der Waals surface area contributed by atoms with Gasteiger partial charge in [-0.25, -0.2) is 4.98 Å². The number of unbranched alkanes of at least 4 members (excludes halogenated alkanes) is 9. The van der Waals surface area contributed by atoms with Crippen LogP contribution >= 0.6 is 0 Å². The van der Waals surface area contributed by atoms with Gasteiger partial charge in [0.2, 0.25) is 17.8 Å². The van der Waals surface area contributed by atoms with Crippen LogP contribution in [0.15, 0.2) is 59.5 Å². The Kier molecular flexibility index (Phi) is 12.8. The number of aromatic nitrogens is 3. The van der Waals surface area contributed by atoms with E-state index in [1.807, 2.05) is 31.2 Å². The zero-order valence-electron chi connectivity index (χ0n) is 39.1. The monoisotopic (exact) mass is 881 g/mol. The fraction of sp³-hybridized carbons (Fsp3) is 0.611. The number of aryl methyl sites for hydroxylation is 2. The molecular formula is C54H72N8O3. The van der Waals surface area contributed by atoms with Gasteiger partial charge >= 0.3 is 0 Å². The highest BCUT2D eigenvalue weighted by atomic mass is 16.2. The van der Waals surface area contributed by atoms with Gasteiger partial charge in [0.05, 0.1) is 5.69 Å². The Morgan fingerprint density at radius 1 is 0.785 bits per heavy atom. The molecule has 11 heteroatoms. The predicted molar refractivity (Wildman–Crippen MR) is 261 cm³/mol. The molecule has 3 bridgehead atoms. The van der Waals surface area contributed by atoms with Gasteiger partial charge in [-0.2, -0.15) is 4.98 Å². The molecule has 2 amide bonds. The minimum Gasteiger partial charge on any atom is -0.369 e. The lowest BCUT2D eigenvalue weighted by Gasteiger charge is -2.49. The Hall–Kier alpha value is -4.77. The average Bonchev–Trinajstić information content (AvgIpc) is 4.09. The van der Waals surface area contributed by atoms with E-state index in [0.29, 0.717) is 39.7 Å². The number of nitrogens with one attached hydrogen (secondary N) is 3. The molecule has 5 aliphatic carbocycles. The van der Waals surface area contributed by atoms with Crippen molar-refractivity contribution < 1.29 is 9.59 Å². The average molecular weight is 881 g/mol. The summed E-state index contributed by atoms with van der Waals surface area (Å²) >= 11 is 0. The number of pyridine rings is 1. The van der Waals surface area contributed by atoms with Gasteiger partial charge in [0.25, 0.3) is 5.56 Å². The molecule has 4 aromatic rings. The smallest absolute Gasteiger partial charge is 0.257 e. The molecule has 0 radical (unpaired) electrons. The van der Waals surface area contributed by atoms with Gasteiger partial charge in [-0.1, -0.05) is 57.4 Å². The second-order valence-corrected chi connectivity index (χ2v) is 21.5. The van der Waals surface area contributed by atoms with Gasteiger partial charge in [0.15, 0.2) is 5.65 Å². The first kappa shape index (κ1) is 44.1. The molecule has 6 fully saturated rings. The summed E-state index contributed by atoms with van der Waals surface area (Å²) < 4.78 is 1.59. The summed E-state index contributed by atoms with van der Waals surface area (Å²) in [5, 5.41) is 10.5. The molecule has 3 N–H and O–H groups in total. The van der Waals surface area contributed by atoms with Crippen molar-refractivity contribution in [2.45, 2.75) is 136 Å². The summed E-state index contributed by atoms with van der Waals surface area (Å²) in [4.78, 5) is 53.4. The molecule has 5 atom stereocenters. The van der Waals surface area contributed by atoms with Crippen molar-refractivity contribution in [2.24, 2.45) is 34.5 Å². The molecule has 1 aliphatic heterocycles.